The fraction of sp³-hybridized carbons (Fsp3) is 0.143. The standard InChI is InChI=1S/C7H8NS/c8-6-9-7-4-2-1-3-5-7/h1-5,8H,6H2. The van der Waals surface area contributed by atoms with Gasteiger partial charge in [-0.05, 0) is 12.1 Å². The Labute approximate surface area is 59.3 Å². The Hall–Kier alpha value is -0.470. The Morgan fingerprint density at radius 3 is 2.44 bits per heavy atom. The summed E-state index contributed by atoms with van der Waals surface area (Å²) in [5, 5.41) is 0. The molecule has 0 spiro atoms. The van der Waals surface area contributed by atoms with Crippen LogP contribution in [0.4, 0.5) is 0 Å². The van der Waals surface area contributed by atoms with Crippen molar-refractivity contribution in [3.05, 3.63) is 30.3 Å². The average molecular weight is 138 g/mol. The normalized spacial score (nSPS) is 9.44. The first-order valence-electron chi connectivity index (χ1n) is 2.76. The molecule has 0 fully saturated rings. The van der Waals surface area contributed by atoms with Crippen LogP contribution in [0.25, 0.3) is 0 Å². The predicted molar refractivity (Wildman–Crippen MR) is 40.3 cm³/mol. The highest BCUT2D eigenvalue weighted by Gasteiger charge is 1.85. The van der Waals surface area contributed by atoms with E-state index >= 15 is 0 Å². The minimum atomic E-state index is 0.407. The summed E-state index contributed by atoms with van der Waals surface area (Å²) < 4.78 is 0. The number of rotatable bonds is 2. The molecule has 1 radical (unpaired) electrons. The van der Waals surface area contributed by atoms with Gasteiger partial charge in [0.1, 0.15) is 0 Å². The van der Waals surface area contributed by atoms with Crippen LogP contribution < -0.4 is 5.73 Å². The van der Waals surface area contributed by atoms with Crippen molar-refractivity contribution >= 4 is 11.8 Å². The summed E-state index contributed by atoms with van der Waals surface area (Å²) in [5.74, 6) is 0.407. The zero-order chi connectivity index (χ0) is 6.53. The molecule has 0 aromatic heterocycles. The minimum Gasteiger partial charge on any atom is -0.247 e. The maximum absolute atomic E-state index is 6.90. The third kappa shape index (κ3) is 2.08. The first kappa shape index (κ1) is 6.65. The molecule has 1 N–H and O–H groups in total. The average Bonchev–Trinajstić information content (AvgIpc) is 1.91. The Bertz CT molecular complexity index is 162. The second-order valence-corrected chi connectivity index (χ2v) is 2.65. The van der Waals surface area contributed by atoms with E-state index in [1.807, 2.05) is 30.3 Å². The Morgan fingerprint density at radius 2 is 1.89 bits per heavy atom. The molecule has 0 saturated carbocycles. The SMILES string of the molecule is [NH]CSc1ccccc1. The summed E-state index contributed by atoms with van der Waals surface area (Å²) in [4.78, 5) is 1.17. The van der Waals surface area contributed by atoms with Gasteiger partial charge in [-0.1, -0.05) is 18.2 Å². The van der Waals surface area contributed by atoms with Gasteiger partial charge in [0.15, 0.2) is 0 Å². The van der Waals surface area contributed by atoms with Gasteiger partial charge >= 0.3 is 0 Å². The monoisotopic (exact) mass is 138 g/mol. The molecule has 0 aliphatic carbocycles. The Morgan fingerprint density at radius 1 is 1.22 bits per heavy atom. The lowest BCUT2D eigenvalue weighted by Gasteiger charge is -1.93. The first-order chi connectivity index (χ1) is 4.43. The summed E-state index contributed by atoms with van der Waals surface area (Å²) in [6.45, 7) is 0. The van der Waals surface area contributed by atoms with E-state index in [4.69, 9.17) is 5.73 Å². The van der Waals surface area contributed by atoms with Crippen LogP contribution in [0, 0.1) is 0 Å². The quantitative estimate of drug-likeness (QED) is 0.573. The van der Waals surface area contributed by atoms with E-state index < -0.39 is 0 Å². The fourth-order valence-corrected chi connectivity index (χ4v) is 1.12. The topological polar surface area (TPSA) is 23.8 Å². The number of nitrogens with one attached hydrogen (secondary N) is 1. The molecule has 47 valence electrons. The van der Waals surface area contributed by atoms with Crippen LogP contribution >= 0.6 is 11.8 Å². The Kier molecular flexibility index (Phi) is 2.61. The van der Waals surface area contributed by atoms with Crippen molar-refractivity contribution in [1.29, 1.82) is 0 Å². The van der Waals surface area contributed by atoms with Crippen LogP contribution in [-0.2, 0) is 0 Å². The largest absolute Gasteiger partial charge is 0.247 e. The molecule has 0 aliphatic rings. The van der Waals surface area contributed by atoms with Crippen LogP contribution in [-0.4, -0.2) is 5.88 Å². The molecule has 0 bridgehead atoms. The van der Waals surface area contributed by atoms with Crippen molar-refractivity contribution in [1.82, 2.24) is 5.73 Å². The molecule has 1 aromatic rings. The summed E-state index contributed by atoms with van der Waals surface area (Å²) >= 11 is 1.54. The van der Waals surface area contributed by atoms with E-state index in [1.54, 1.807) is 11.8 Å². The van der Waals surface area contributed by atoms with Gasteiger partial charge in [-0.3, -0.25) is 0 Å². The first-order valence-corrected chi connectivity index (χ1v) is 3.74. The third-order valence-corrected chi connectivity index (χ3v) is 1.73. The summed E-state index contributed by atoms with van der Waals surface area (Å²) in [5.41, 5.74) is 6.90. The van der Waals surface area contributed by atoms with Crippen LogP contribution in [0.15, 0.2) is 35.2 Å². The maximum atomic E-state index is 6.90. The van der Waals surface area contributed by atoms with Crippen LogP contribution in [0.1, 0.15) is 0 Å². The lowest BCUT2D eigenvalue weighted by Crippen LogP contribution is -1.74. The zero-order valence-electron chi connectivity index (χ0n) is 5.00. The third-order valence-electron chi connectivity index (χ3n) is 0.982. The van der Waals surface area contributed by atoms with Gasteiger partial charge in [0.2, 0.25) is 0 Å². The summed E-state index contributed by atoms with van der Waals surface area (Å²) in [6, 6.07) is 9.97. The van der Waals surface area contributed by atoms with E-state index in [0.717, 1.165) is 0 Å². The van der Waals surface area contributed by atoms with Gasteiger partial charge in [0.25, 0.3) is 0 Å². The second kappa shape index (κ2) is 3.54. The van der Waals surface area contributed by atoms with E-state index in [2.05, 4.69) is 0 Å². The van der Waals surface area contributed by atoms with Crippen molar-refractivity contribution in [2.45, 2.75) is 4.90 Å². The molecule has 0 atom stereocenters. The second-order valence-electron chi connectivity index (χ2n) is 1.60. The van der Waals surface area contributed by atoms with Crippen molar-refractivity contribution < 1.29 is 0 Å². The molecule has 0 saturated heterocycles. The highest BCUT2D eigenvalue weighted by atomic mass is 32.2. The van der Waals surface area contributed by atoms with Crippen LogP contribution in [0.5, 0.6) is 0 Å². The van der Waals surface area contributed by atoms with E-state index in [0.29, 0.717) is 5.88 Å². The highest BCUT2D eigenvalue weighted by Crippen LogP contribution is 2.14. The lowest BCUT2D eigenvalue weighted by atomic mass is 10.4. The number of benzene rings is 1. The van der Waals surface area contributed by atoms with Crippen LogP contribution in [0.2, 0.25) is 0 Å². The van der Waals surface area contributed by atoms with Crippen LogP contribution in [0.3, 0.4) is 0 Å². The highest BCUT2D eigenvalue weighted by molar-refractivity contribution is 7.99. The molecule has 1 rings (SSSR count). The van der Waals surface area contributed by atoms with E-state index in [9.17, 15) is 0 Å². The fourth-order valence-electron chi connectivity index (χ4n) is 0.600. The lowest BCUT2D eigenvalue weighted by molar-refractivity contribution is 1.31. The van der Waals surface area contributed by atoms with Gasteiger partial charge in [0.05, 0.1) is 5.88 Å². The molecule has 0 amide bonds. The number of hydrogen-bond acceptors (Lipinski definition) is 1. The molecule has 1 nitrogen and oxygen atoms in total. The van der Waals surface area contributed by atoms with E-state index in [-0.39, 0.29) is 0 Å². The molecular weight excluding hydrogens is 130 g/mol. The van der Waals surface area contributed by atoms with Gasteiger partial charge in [-0.25, -0.2) is 5.73 Å². The van der Waals surface area contributed by atoms with E-state index in [1.165, 1.54) is 4.90 Å². The Balaban J connectivity index is 2.61. The van der Waals surface area contributed by atoms with Crippen molar-refractivity contribution in [3.63, 3.8) is 0 Å². The zero-order valence-corrected chi connectivity index (χ0v) is 5.82. The molecule has 0 unspecified atom stereocenters. The molecule has 2 heteroatoms. The predicted octanol–water partition coefficient (Wildman–Crippen LogP) is 2.02. The van der Waals surface area contributed by atoms with Gasteiger partial charge in [-0.2, -0.15) is 0 Å². The smallest absolute Gasteiger partial charge is 0.0604 e. The molecule has 9 heavy (non-hydrogen) atoms. The minimum absolute atomic E-state index is 0.407. The number of thioether (sulfide) groups is 1. The van der Waals surface area contributed by atoms with Gasteiger partial charge in [0, 0.05) is 4.90 Å². The molecule has 0 aliphatic heterocycles. The maximum Gasteiger partial charge on any atom is 0.0604 e. The van der Waals surface area contributed by atoms with Crippen molar-refractivity contribution in [3.8, 4) is 0 Å². The van der Waals surface area contributed by atoms with Crippen molar-refractivity contribution in [2.75, 3.05) is 5.88 Å². The summed E-state index contributed by atoms with van der Waals surface area (Å²) in [7, 11) is 0. The molecular formula is C7H8NS. The molecule has 1 aromatic carbocycles. The van der Waals surface area contributed by atoms with Gasteiger partial charge < -0.3 is 0 Å². The summed E-state index contributed by atoms with van der Waals surface area (Å²) in [6.07, 6.45) is 0. The van der Waals surface area contributed by atoms with Crippen molar-refractivity contribution in [2.24, 2.45) is 0 Å². The molecule has 0 heterocycles. The van der Waals surface area contributed by atoms with Gasteiger partial charge in [-0.15, -0.1) is 11.8 Å². The number of hydrogen-bond donors (Lipinski definition) is 0.